The van der Waals surface area contributed by atoms with Crippen LogP contribution in [0.15, 0.2) is 47.4 Å². The topological polar surface area (TPSA) is 79.0 Å². The second kappa shape index (κ2) is 10.3. The standard InChI is InChI=1S/C24H35N3O4S/c1-8-15-27(23(28)24(2,3)4)17-18-16-19(9-14-22(18)26(5)6)25-32(29,30)21-12-10-20(31-7)11-13-21/h9-14,16,25H,8,15,17H2,1-7H3. The first kappa shape index (κ1) is 25.5. The monoisotopic (exact) mass is 461 g/mol. The molecule has 32 heavy (non-hydrogen) atoms. The van der Waals surface area contributed by atoms with Gasteiger partial charge < -0.3 is 14.5 Å². The Bertz CT molecular complexity index is 1030. The molecule has 0 aliphatic heterocycles. The van der Waals surface area contributed by atoms with Crippen LogP contribution >= 0.6 is 0 Å². The Labute approximate surface area is 192 Å². The van der Waals surface area contributed by atoms with Crippen molar-refractivity contribution in [2.75, 3.05) is 37.4 Å². The van der Waals surface area contributed by atoms with Crippen LogP contribution in [0.5, 0.6) is 5.75 Å². The van der Waals surface area contributed by atoms with Gasteiger partial charge in [-0.25, -0.2) is 8.42 Å². The third-order valence-electron chi connectivity index (χ3n) is 4.97. The zero-order chi connectivity index (χ0) is 24.1. The maximum atomic E-state index is 13.0. The van der Waals surface area contributed by atoms with E-state index in [0.717, 1.165) is 17.7 Å². The molecule has 1 N–H and O–H groups in total. The van der Waals surface area contributed by atoms with E-state index in [1.807, 2.05) is 57.7 Å². The lowest BCUT2D eigenvalue weighted by Gasteiger charge is -2.31. The molecular weight excluding hydrogens is 426 g/mol. The fraction of sp³-hybridized carbons (Fsp3) is 0.458. The molecule has 7 nitrogen and oxygen atoms in total. The van der Waals surface area contributed by atoms with Gasteiger partial charge in [0.1, 0.15) is 5.75 Å². The zero-order valence-electron chi connectivity index (χ0n) is 20.1. The molecule has 8 heteroatoms. The number of hydrogen-bond donors (Lipinski definition) is 1. The molecule has 2 aromatic carbocycles. The average molecular weight is 462 g/mol. The number of carbonyl (C=O) groups is 1. The molecule has 2 rings (SSSR count). The average Bonchev–Trinajstić information content (AvgIpc) is 2.72. The lowest BCUT2D eigenvalue weighted by atomic mass is 9.94. The summed E-state index contributed by atoms with van der Waals surface area (Å²) in [4.78, 5) is 16.9. The van der Waals surface area contributed by atoms with Crippen molar-refractivity contribution in [2.24, 2.45) is 5.41 Å². The minimum atomic E-state index is -3.77. The molecule has 176 valence electrons. The third kappa shape index (κ3) is 6.38. The van der Waals surface area contributed by atoms with Crippen molar-refractivity contribution in [2.45, 2.75) is 45.6 Å². The van der Waals surface area contributed by atoms with E-state index in [1.54, 1.807) is 24.3 Å². The molecule has 0 bridgehead atoms. The molecule has 0 radical (unpaired) electrons. The van der Waals surface area contributed by atoms with Crippen LogP contribution in [0.3, 0.4) is 0 Å². The Balaban J connectivity index is 2.38. The van der Waals surface area contributed by atoms with Crippen molar-refractivity contribution in [3.63, 3.8) is 0 Å². The van der Waals surface area contributed by atoms with Crippen LogP contribution in [-0.4, -0.2) is 47.0 Å². The predicted molar refractivity (Wildman–Crippen MR) is 130 cm³/mol. The quantitative estimate of drug-likeness (QED) is 0.601. The number of methoxy groups -OCH3 is 1. The van der Waals surface area contributed by atoms with Crippen LogP contribution in [0.4, 0.5) is 11.4 Å². The second-order valence-corrected chi connectivity index (χ2v) is 10.7. The van der Waals surface area contributed by atoms with E-state index in [4.69, 9.17) is 4.74 Å². The number of amides is 1. The van der Waals surface area contributed by atoms with Gasteiger partial charge in [0.25, 0.3) is 10.0 Å². The molecule has 1 amide bonds. The van der Waals surface area contributed by atoms with Crippen LogP contribution in [0, 0.1) is 5.41 Å². The number of nitrogens with one attached hydrogen (secondary N) is 1. The van der Waals surface area contributed by atoms with E-state index in [2.05, 4.69) is 4.72 Å². The third-order valence-corrected chi connectivity index (χ3v) is 6.36. The minimum absolute atomic E-state index is 0.0632. The maximum absolute atomic E-state index is 13.0. The lowest BCUT2D eigenvalue weighted by molar-refractivity contribution is -0.140. The molecule has 0 unspecified atom stereocenters. The molecule has 0 spiro atoms. The van der Waals surface area contributed by atoms with Crippen molar-refractivity contribution < 1.29 is 17.9 Å². The first-order valence-corrected chi connectivity index (χ1v) is 12.1. The Morgan fingerprint density at radius 2 is 1.69 bits per heavy atom. The highest BCUT2D eigenvalue weighted by Crippen LogP contribution is 2.28. The van der Waals surface area contributed by atoms with Gasteiger partial charge in [0.2, 0.25) is 5.91 Å². The number of rotatable bonds is 9. The van der Waals surface area contributed by atoms with E-state index >= 15 is 0 Å². The number of nitrogens with zero attached hydrogens (tertiary/aromatic N) is 2. The Morgan fingerprint density at radius 1 is 1.06 bits per heavy atom. The second-order valence-electron chi connectivity index (χ2n) is 9.00. The number of carbonyl (C=O) groups excluding carboxylic acids is 1. The van der Waals surface area contributed by atoms with E-state index in [0.29, 0.717) is 24.5 Å². The number of benzene rings is 2. The van der Waals surface area contributed by atoms with Gasteiger partial charge in [-0.05, 0) is 54.4 Å². The van der Waals surface area contributed by atoms with Gasteiger partial charge in [-0.2, -0.15) is 0 Å². The number of anilines is 2. The fourth-order valence-electron chi connectivity index (χ4n) is 3.38. The summed E-state index contributed by atoms with van der Waals surface area (Å²) >= 11 is 0. The molecule has 0 saturated heterocycles. The smallest absolute Gasteiger partial charge is 0.261 e. The summed E-state index contributed by atoms with van der Waals surface area (Å²) in [7, 11) is 1.62. The SMILES string of the molecule is CCCN(Cc1cc(NS(=O)(=O)c2ccc(OC)cc2)ccc1N(C)C)C(=O)C(C)(C)C. The summed E-state index contributed by atoms with van der Waals surface area (Å²) in [5, 5.41) is 0. The van der Waals surface area contributed by atoms with Gasteiger partial charge >= 0.3 is 0 Å². The molecule has 0 heterocycles. The van der Waals surface area contributed by atoms with Crippen LogP contribution in [0.25, 0.3) is 0 Å². The van der Waals surface area contributed by atoms with Gasteiger partial charge in [0.15, 0.2) is 0 Å². The summed E-state index contributed by atoms with van der Waals surface area (Å²) in [6, 6.07) is 11.6. The van der Waals surface area contributed by atoms with E-state index < -0.39 is 15.4 Å². The zero-order valence-corrected chi connectivity index (χ0v) is 20.9. The van der Waals surface area contributed by atoms with E-state index in [-0.39, 0.29) is 10.8 Å². The largest absolute Gasteiger partial charge is 0.497 e. The summed E-state index contributed by atoms with van der Waals surface area (Å²) < 4.78 is 33.5. The minimum Gasteiger partial charge on any atom is -0.497 e. The highest BCUT2D eigenvalue weighted by Gasteiger charge is 2.27. The molecule has 2 aromatic rings. The van der Waals surface area contributed by atoms with E-state index in [1.165, 1.54) is 19.2 Å². The van der Waals surface area contributed by atoms with E-state index in [9.17, 15) is 13.2 Å². The van der Waals surface area contributed by atoms with Crippen molar-refractivity contribution in [1.82, 2.24) is 4.90 Å². The Hall–Kier alpha value is -2.74. The lowest BCUT2D eigenvalue weighted by Crippen LogP contribution is -2.39. The van der Waals surface area contributed by atoms with Crippen LogP contribution in [0.1, 0.15) is 39.7 Å². The normalized spacial score (nSPS) is 11.7. The summed E-state index contributed by atoms with van der Waals surface area (Å²) in [6.45, 7) is 8.79. The summed E-state index contributed by atoms with van der Waals surface area (Å²) in [5.41, 5.74) is 1.75. The predicted octanol–water partition coefficient (Wildman–Crippen LogP) is 4.35. The molecule has 0 aliphatic carbocycles. The number of sulfonamides is 1. The summed E-state index contributed by atoms with van der Waals surface area (Å²) in [6.07, 6.45) is 0.836. The summed E-state index contributed by atoms with van der Waals surface area (Å²) in [5.74, 6) is 0.648. The Kier molecular flexibility index (Phi) is 8.18. The number of ether oxygens (including phenoxy) is 1. The molecule has 0 atom stereocenters. The first-order chi connectivity index (χ1) is 14.9. The van der Waals surface area contributed by atoms with Crippen molar-refractivity contribution >= 4 is 27.3 Å². The molecular formula is C24H35N3O4S. The number of hydrogen-bond acceptors (Lipinski definition) is 5. The van der Waals surface area contributed by atoms with Crippen LogP contribution in [0.2, 0.25) is 0 Å². The molecule has 0 saturated carbocycles. The Morgan fingerprint density at radius 3 is 2.19 bits per heavy atom. The fourth-order valence-corrected chi connectivity index (χ4v) is 4.43. The first-order valence-electron chi connectivity index (χ1n) is 10.7. The van der Waals surface area contributed by atoms with Crippen LogP contribution < -0.4 is 14.4 Å². The highest BCUT2D eigenvalue weighted by molar-refractivity contribution is 7.92. The van der Waals surface area contributed by atoms with Crippen molar-refractivity contribution in [3.05, 3.63) is 48.0 Å². The maximum Gasteiger partial charge on any atom is 0.261 e. The highest BCUT2D eigenvalue weighted by atomic mass is 32.2. The van der Waals surface area contributed by atoms with Gasteiger partial charge in [-0.15, -0.1) is 0 Å². The van der Waals surface area contributed by atoms with Crippen molar-refractivity contribution in [1.29, 1.82) is 0 Å². The van der Waals surface area contributed by atoms with Gasteiger partial charge in [-0.3, -0.25) is 9.52 Å². The molecule has 0 aliphatic rings. The van der Waals surface area contributed by atoms with Gasteiger partial charge in [0, 0.05) is 44.0 Å². The molecule has 0 fully saturated rings. The molecule has 0 aromatic heterocycles. The van der Waals surface area contributed by atoms with Gasteiger partial charge in [-0.1, -0.05) is 27.7 Å². The van der Waals surface area contributed by atoms with Gasteiger partial charge in [0.05, 0.1) is 12.0 Å². The van der Waals surface area contributed by atoms with Crippen molar-refractivity contribution in [3.8, 4) is 5.75 Å². The van der Waals surface area contributed by atoms with Crippen LogP contribution in [-0.2, 0) is 21.4 Å².